The fraction of sp³-hybridized carbons (Fsp3) is 0.467. The maximum Gasteiger partial charge on any atom is 0.226 e. The molecule has 0 radical (unpaired) electrons. The van der Waals surface area contributed by atoms with Crippen LogP contribution in [0.5, 0.6) is 0 Å². The summed E-state index contributed by atoms with van der Waals surface area (Å²) in [6.45, 7) is 6.02. The van der Waals surface area contributed by atoms with Gasteiger partial charge in [-0.25, -0.2) is 0 Å². The monoisotopic (exact) mass is 340 g/mol. The summed E-state index contributed by atoms with van der Waals surface area (Å²) in [4.78, 5) is 25.2. The Balaban J connectivity index is 2.49. The van der Waals surface area contributed by atoms with Crippen LogP contribution in [0.1, 0.15) is 33.6 Å². The SMILES string of the molecule is CCC(C)N(CCC(=O)Nc1ccc(Br)cc1)C(C)=O. The van der Waals surface area contributed by atoms with Crippen LogP contribution in [0.15, 0.2) is 28.7 Å². The minimum atomic E-state index is -0.0816. The maximum atomic E-state index is 11.9. The van der Waals surface area contributed by atoms with Crippen LogP contribution in [0.4, 0.5) is 5.69 Å². The quantitative estimate of drug-likeness (QED) is 0.862. The molecule has 20 heavy (non-hydrogen) atoms. The van der Waals surface area contributed by atoms with E-state index >= 15 is 0 Å². The second-order valence-electron chi connectivity index (χ2n) is 4.77. The van der Waals surface area contributed by atoms with Gasteiger partial charge in [0.2, 0.25) is 11.8 Å². The van der Waals surface area contributed by atoms with Gasteiger partial charge >= 0.3 is 0 Å². The smallest absolute Gasteiger partial charge is 0.226 e. The van der Waals surface area contributed by atoms with Crippen LogP contribution >= 0.6 is 15.9 Å². The molecule has 1 rings (SSSR count). The van der Waals surface area contributed by atoms with E-state index in [0.29, 0.717) is 13.0 Å². The number of nitrogens with zero attached hydrogens (tertiary/aromatic N) is 1. The molecular formula is C15H21BrN2O2. The Morgan fingerprint density at radius 2 is 1.90 bits per heavy atom. The summed E-state index contributed by atoms with van der Waals surface area (Å²) in [6, 6.07) is 7.57. The van der Waals surface area contributed by atoms with Crippen molar-refractivity contribution in [1.29, 1.82) is 0 Å². The molecule has 0 spiro atoms. The lowest BCUT2D eigenvalue weighted by Crippen LogP contribution is -2.38. The van der Waals surface area contributed by atoms with E-state index in [1.165, 1.54) is 0 Å². The van der Waals surface area contributed by atoms with Gasteiger partial charge in [0.25, 0.3) is 0 Å². The highest BCUT2D eigenvalue weighted by atomic mass is 79.9. The summed E-state index contributed by atoms with van der Waals surface area (Å²) in [5.41, 5.74) is 0.760. The van der Waals surface area contributed by atoms with E-state index in [4.69, 9.17) is 0 Å². The van der Waals surface area contributed by atoms with Crippen molar-refractivity contribution in [2.24, 2.45) is 0 Å². The number of carbonyl (C=O) groups excluding carboxylic acids is 2. The van der Waals surface area contributed by atoms with Gasteiger partial charge in [-0.1, -0.05) is 22.9 Å². The van der Waals surface area contributed by atoms with Crippen molar-refractivity contribution in [3.63, 3.8) is 0 Å². The number of anilines is 1. The fourth-order valence-electron chi connectivity index (χ4n) is 1.89. The summed E-state index contributed by atoms with van der Waals surface area (Å²) in [5.74, 6) is -0.0716. The van der Waals surface area contributed by atoms with Crippen molar-refractivity contribution >= 4 is 33.4 Å². The summed E-state index contributed by atoms with van der Waals surface area (Å²) >= 11 is 3.34. The molecule has 4 nitrogen and oxygen atoms in total. The molecule has 0 bridgehead atoms. The molecule has 0 heterocycles. The molecule has 1 aromatic rings. The van der Waals surface area contributed by atoms with Crippen LogP contribution in [0.25, 0.3) is 0 Å². The molecular weight excluding hydrogens is 320 g/mol. The Kier molecular flexibility index (Phi) is 6.71. The molecule has 0 fully saturated rings. The fourth-order valence-corrected chi connectivity index (χ4v) is 2.15. The third kappa shape index (κ3) is 5.33. The van der Waals surface area contributed by atoms with Crippen molar-refractivity contribution in [2.75, 3.05) is 11.9 Å². The molecule has 0 aliphatic heterocycles. The highest BCUT2D eigenvalue weighted by molar-refractivity contribution is 9.10. The van der Waals surface area contributed by atoms with E-state index in [1.54, 1.807) is 11.8 Å². The topological polar surface area (TPSA) is 49.4 Å². The summed E-state index contributed by atoms with van der Waals surface area (Å²) < 4.78 is 0.968. The Bertz CT molecular complexity index is 459. The van der Waals surface area contributed by atoms with E-state index in [0.717, 1.165) is 16.6 Å². The molecule has 0 aliphatic carbocycles. The third-order valence-corrected chi connectivity index (χ3v) is 3.76. The van der Waals surface area contributed by atoms with Gasteiger partial charge in [0.15, 0.2) is 0 Å². The molecule has 0 aromatic heterocycles. The van der Waals surface area contributed by atoms with Gasteiger partial charge in [0, 0.05) is 36.1 Å². The summed E-state index contributed by atoms with van der Waals surface area (Å²) in [6.07, 6.45) is 1.19. The maximum absolute atomic E-state index is 11.9. The first-order valence-electron chi connectivity index (χ1n) is 6.76. The lowest BCUT2D eigenvalue weighted by molar-refractivity contribution is -0.131. The number of amides is 2. The molecule has 110 valence electrons. The summed E-state index contributed by atoms with van der Waals surface area (Å²) in [7, 11) is 0. The number of carbonyl (C=O) groups is 2. The van der Waals surface area contributed by atoms with Crippen molar-refractivity contribution in [2.45, 2.75) is 39.7 Å². The van der Waals surface area contributed by atoms with Crippen LogP contribution in [0.2, 0.25) is 0 Å². The largest absolute Gasteiger partial charge is 0.340 e. The lowest BCUT2D eigenvalue weighted by Gasteiger charge is -2.27. The van der Waals surface area contributed by atoms with E-state index in [9.17, 15) is 9.59 Å². The van der Waals surface area contributed by atoms with Crippen molar-refractivity contribution in [1.82, 2.24) is 4.90 Å². The van der Waals surface area contributed by atoms with Crippen LogP contribution in [-0.4, -0.2) is 29.3 Å². The number of halogens is 1. The highest BCUT2D eigenvalue weighted by Gasteiger charge is 2.16. The molecule has 1 N–H and O–H groups in total. The first-order valence-corrected chi connectivity index (χ1v) is 7.56. The second-order valence-corrected chi connectivity index (χ2v) is 5.69. The van der Waals surface area contributed by atoms with E-state index in [-0.39, 0.29) is 17.9 Å². The minimum Gasteiger partial charge on any atom is -0.340 e. The molecule has 0 saturated heterocycles. The first-order chi connectivity index (χ1) is 9.43. The van der Waals surface area contributed by atoms with Crippen molar-refractivity contribution < 1.29 is 9.59 Å². The normalized spacial score (nSPS) is 11.8. The van der Waals surface area contributed by atoms with E-state index in [2.05, 4.69) is 21.2 Å². The second kappa shape index (κ2) is 8.04. The Labute approximate surface area is 128 Å². The number of rotatable bonds is 6. The Morgan fingerprint density at radius 3 is 2.40 bits per heavy atom. The third-order valence-electron chi connectivity index (χ3n) is 3.24. The van der Waals surface area contributed by atoms with Gasteiger partial charge < -0.3 is 10.2 Å². The zero-order valence-corrected chi connectivity index (χ0v) is 13.7. The average molecular weight is 341 g/mol. The van der Waals surface area contributed by atoms with Gasteiger partial charge in [-0.15, -0.1) is 0 Å². The Hall–Kier alpha value is -1.36. The zero-order chi connectivity index (χ0) is 15.1. The highest BCUT2D eigenvalue weighted by Crippen LogP contribution is 2.14. The summed E-state index contributed by atoms with van der Waals surface area (Å²) in [5, 5.41) is 2.82. The molecule has 1 atom stereocenters. The van der Waals surface area contributed by atoms with Gasteiger partial charge in [-0.05, 0) is 37.6 Å². The predicted molar refractivity (Wildman–Crippen MR) is 84.5 cm³/mol. The molecule has 0 aliphatic rings. The first kappa shape index (κ1) is 16.7. The van der Waals surface area contributed by atoms with Gasteiger partial charge in [-0.3, -0.25) is 9.59 Å². The molecule has 2 amide bonds. The lowest BCUT2D eigenvalue weighted by atomic mass is 10.2. The zero-order valence-electron chi connectivity index (χ0n) is 12.1. The Morgan fingerprint density at radius 1 is 1.30 bits per heavy atom. The number of hydrogen-bond donors (Lipinski definition) is 1. The van der Waals surface area contributed by atoms with Gasteiger partial charge in [-0.2, -0.15) is 0 Å². The van der Waals surface area contributed by atoms with E-state index in [1.807, 2.05) is 38.1 Å². The van der Waals surface area contributed by atoms with Crippen molar-refractivity contribution in [3.05, 3.63) is 28.7 Å². The molecule has 5 heteroatoms. The number of benzene rings is 1. The van der Waals surface area contributed by atoms with Crippen LogP contribution in [-0.2, 0) is 9.59 Å². The predicted octanol–water partition coefficient (Wildman–Crippen LogP) is 3.42. The standard InChI is InChI=1S/C15H21BrN2O2/c1-4-11(2)18(12(3)19)10-9-15(20)17-14-7-5-13(16)6-8-14/h5-8,11H,4,9-10H2,1-3H3,(H,17,20). The van der Waals surface area contributed by atoms with Gasteiger partial charge in [0.1, 0.15) is 0 Å². The number of hydrogen-bond acceptors (Lipinski definition) is 2. The molecule has 1 aromatic carbocycles. The van der Waals surface area contributed by atoms with Crippen molar-refractivity contribution in [3.8, 4) is 0 Å². The van der Waals surface area contributed by atoms with Gasteiger partial charge in [0.05, 0.1) is 0 Å². The van der Waals surface area contributed by atoms with Crippen LogP contribution in [0, 0.1) is 0 Å². The van der Waals surface area contributed by atoms with Crippen LogP contribution < -0.4 is 5.32 Å². The van der Waals surface area contributed by atoms with Crippen LogP contribution in [0.3, 0.4) is 0 Å². The molecule has 0 saturated carbocycles. The minimum absolute atomic E-state index is 0.00999. The average Bonchev–Trinajstić information content (AvgIpc) is 2.41. The van der Waals surface area contributed by atoms with E-state index < -0.39 is 0 Å². The number of nitrogens with one attached hydrogen (secondary N) is 1. The molecule has 1 unspecified atom stereocenters.